The molecule has 0 rings (SSSR count). The van der Waals surface area contributed by atoms with Gasteiger partial charge in [0, 0.05) is 6.04 Å². The molecule has 0 aromatic carbocycles. The predicted molar refractivity (Wildman–Crippen MR) is 72.3 cm³/mol. The number of amides is 1. The fourth-order valence-corrected chi connectivity index (χ4v) is 1.38. The fraction of sp³-hybridized carbons (Fsp3) is 0.833. The Bertz CT molecular complexity index is 251. The first kappa shape index (κ1) is 15.4. The van der Waals surface area contributed by atoms with Gasteiger partial charge in [0.05, 0.1) is 10.4 Å². The molecule has 1 atom stereocenters. The number of rotatable bonds is 7. The highest BCUT2D eigenvalue weighted by Gasteiger charge is 2.31. The molecule has 1 unspecified atom stereocenters. The minimum Gasteiger partial charge on any atom is -0.392 e. The van der Waals surface area contributed by atoms with E-state index in [1.165, 1.54) is 12.8 Å². The molecule has 0 spiro atoms. The lowest BCUT2D eigenvalue weighted by molar-refractivity contribution is -0.126. The van der Waals surface area contributed by atoms with E-state index in [2.05, 4.69) is 12.2 Å². The van der Waals surface area contributed by atoms with E-state index in [9.17, 15) is 4.79 Å². The summed E-state index contributed by atoms with van der Waals surface area (Å²) in [7, 11) is 0. The van der Waals surface area contributed by atoms with Crippen molar-refractivity contribution in [3.63, 3.8) is 0 Å². The smallest absolute Gasteiger partial charge is 0.232 e. The second-order valence-corrected chi connectivity index (χ2v) is 5.30. The average Bonchev–Trinajstić information content (AvgIpc) is 2.17. The summed E-state index contributed by atoms with van der Waals surface area (Å²) in [5.41, 5.74) is 4.78. The van der Waals surface area contributed by atoms with Crippen molar-refractivity contribution in [1.82, 2.24) is 5.32 Å². The lowest BCUT2D eigenvalue weighted by Gasteiger charge is -2.24. The number of carbonyl (C=O) groups is 1. The van der Waals surface area contributed by atoms with Gasteiger partial charge in [-0.1, -0.05) is 38.4 Å². The highest BCUT2D eigenvalue weighted by atomic mass is 32.1. The van der Waals surface area contributed by atoms with Crippen LogP contribution in [-0.4, -0.2) is 16.9 Å². The normalized spacial score (nSPS) is 13.2. The molecule has 0 aromatic heterocycles. The van der Waals surface area contributed by atoms with Crippen molar-refractivity contribution in [2.45, 2.75) is 59.4 Å². The van der Waals surface area contributed by atoms with Gasteiger partial charge >= 0.3 is 0 Å². The van der Waals surface area contributed by atoms with Gasteiger partial charge in [-0.15, -0.1) is 0 Å². The minimum atomic E-state index is -0.756. The Morgan fingerprint density at radius 2 is 2.00 bits per heavy atom. The van der Waals surface area contributed by atoms with Crippen LogP contribution in [0.4, 0.5) is 0 Å². The third-order valence-electron chi connectivity index (χ3n) is 2.80. The van der Waals surface area contributed by atoms with Crippen LogP contribution in [0.5, 0.6) is 0 Å². The maximum atomic E-state index is 11.9. The molecule has 3 nitrogen and oxygen atoms in total. The Morgan fingerprint density at radius 1 is 1.44 bits per heavy atom. The predicted octanol–water partition coefficient (Wildman–Crippen LogP) is 2.38. The highest BCUT2D eigenvalue weighted by molar-refractivity contribution is 7.80. The van der Waals surface area contributed by atoms with E-state index in [1.54, 1.807) is 13.8 Å². The number of unbranched alkanes of at least 4 members (excludes halogenated alkanes) is 2. The number of nitrogens with two attached hydrogens (primary N) is 1. The van der Waals surface area contributed by atoms with E-state index in [1.807, 2.05) is 6.92 Å². The van der Waals surface area contributed by atoms with Crippen LogP contribution in [0.3, 0.4) is 0 Å². The first-order valence-corrected chi connectivity index (χ1v) is 6.34. The minimum absolute atomic E-state index is 0.0796. The molecule has 0 heterocycles. The van der Waals surface area contributed by atoms with Crippen molar-refractivity contribution in [1.29, 1.82) is 0 Å². The number of thiocarbonyl (C=S) groups is 1. The molecule has 0 radical (unpaired) electrons. The Hall–Kier alpha value is -0.640. The molecule has 94 valence electrons. The quantitative estimate of drug-likeness (QED) is 0.534. The number of hydrogen-bond acceptors (Lipinski definition) is 2. The van der Waals surface area contributed by atoms with Crippen molar-refractivity contribution in [2.24, 2.45) is 11.1 Å². The molecule has 0 aromatic rings. The third-order valence-corrected chi connectivity index (χ3v) is 3.31. The Morgan fingerprint density at radius 3 is 2.44 bits per heavy atom. The fourth-order valence-electron chi connectivity index (χ4n) is 1.29. The van der Waals surface area contributed by atoms with Crippen LogP contribution in [0.1, 0.15) is 53.4 Å². The van der Waals surface area contributed by atoms with Crippen molar-refractivity contribution in [2.75, 3.05) is 0 Å². The van der Waals surface area contributed by atoms with E-state index in [0.717, 1.165) is 12.8 Å². The van der Waals surface area contributed by atoms with Gasteiger partial charge in [-0.3, -0.25) is 4.79 Å². The first-order valence-electron chi connectivity index (χ1n) is 5.93. The van der Waals surface area contributed by atoms with Crippen molar-refractivity contribution in [3.05, 3.63) is 0 Å². The molecule has 0 aliphatic carbocycles. The van der Waals surface area contributed by atoms with Crippen molar-refractivity contribution >= 4 is 23.1 Å². The summed E-state index contributed by atoms with van der Waals surface area (Å²) in [4.78, 5) is 12.1. The van der Waals surface area contributed by atoms with Gasteiger partial charge < -0.3 is 11.1 Å². The topological polar surface area (TPSA) is 55.1 Å². The molecule has 0 bridgehead atoms. The highest BCUT2D eigenvalue weighted by Crippen LogP contribution is 2.16. The van der Waals surface area contributed by atoms with Crippen LogP contribution < -0.4 is 11.1 Å². The van der Waals surface area contributed by atoms with Gasteiger partial charge in [0.2, 0.25) is 5.91 Å². The summed E-state index contributed by atoms with van der Waals surface area (Å²) in [6, 6.07) is 0.188. The SMILES string of the molecule is CCCCCC(C)NC(=O)C(C)(C)C(N)=S. The molecule has 0 fully saturated rings. The maximum Gasteiger partial charge on any atom is 0.232 e. The summed E-state index contributed by atoms with van der Waals surface area (Å²) in [5.74, 6) is -0.0796. The van der Waals surface area contributed by atoms with E-state index >= 15 is 0 Å². The Labute approximate surface area is 104 Å². The Balaban J connectivity index is 4.09. The molecule has 16 heavy (non-hydrogen) atoms. The molecule has 1 amide bonds. The molecule has 3 N–H and O–H groups in total. The summed E-state index contributed by atoms with van der Waals surface area (Å²) in [5, 5.41) is 2.95. The van der Waals surface area contributed by atoms with Crippen LogP contribution in [0.25, 0.3) is 0 Å². The van der Waals surface area contributed by atoms with Crippen LogP contribution in [0.2, 0.25) is 0 Å². The molecular formula is C12H24N2OS. The Kier molecular flexibility index (Phi) is 6.56. The maximum absolute atomic E-state index is 11.9. The largest absolute Gasteiger partial charge is 0.392 e. The summed E-state index contributed by atoms with van der Waals surface area (Å²) < 4.78 is 0. The zero-order valence-electron chi connectivity index (χ0n) is 10.8. The molecule has 4 heteroatoms. The van der Waals surface area contributed by atoms with Gasteiger partial charge in [-0.2, -0.15) is 0 Å². The second-order valence-electron chi connectivity index (χ2n) is 4.86. The lowest BCUT2D eigenvalue weighted by Crippen LogP contribution is -2.47. The molecule has 0 aliphatic heterocycles. The average molecular weight is 244 g/mol. The van der Waals surface area contributed by atoms with Crippen LogP contribution in [0.15, 0.2) is 0 Å². The zero-order valence-corrected chi connectivity index (χ0v) is 11.6. The molecule has 0 aliphatic rings. The van der Waals surface area contributed by atoms with E-state index in [4.69, 9.17) is 18.0 Å². The molecule has 0 saturated heterocycles. The monoisotopic (exact) mass is 244 g/mol. The van der Waals surface area contributed by atoms with Crippen molar-refractivity contribution in [3.8, 4) is 0 Å². The van der Waals surface area contributed by atoms with E-state index in [0.29, 0.717) is 0 Å². The second kappa shape index (κ2) is 6.84. The lowest BCUT2D eigenvalue weighted by atomic mass is 9.92. The molecule has 0 saturated carbocycles. The van der Waals surface area contributed by atoms with Gasteiger partial charge in [0.15, 0.2) is 0 Å². The zero-order chi connectivity index (χ0) is 12.8. The summed E-state index contributed by atoms with van der Waals surface area (Å²) >= 11 is 4.88. The van der Waals surface area contributed by atoms with Crippen LogP contribution in [0, 0.1) is 5.41 Å². The van der Waals surface area contributed by atoms with Crippen molar-refractivity contribution < 1.29 is 4.79 Å². The van der Waals surface area contributed by atoms with Gasteiger partial charge in [-0.25, -0.2) is 0 Å². The number of hydrogen-bond donors (Lipinski definition) is 2. The number of carbonyl (C=O) groups excluding carboxylic acids is 1. The summed E-state index contributed by atoms with van der Waals surface area (Å²) in [6.07, 6.45) is 4.55. The van der Waals surface area contributed by atoms with Gasteiger partial charge in [-0.05, 0) is 27.2 Å². The van der Waals surface area contributed by atoms with Crippen LogP contribution in [-0.2, 0) is 4.79 Å². The summed E-state index contributed by atoms with van der Waals surface area (Å²) in [6.45, 7) is 7.69. The number of nitrogens with one attached hydrogen (secondary N) is 1. The first-order chi connectivity index (χ1) is 7.32. The standard InChI is InChI=1S/C12H24N2OS/c1-5-6-7-8-9(2)14-11(15)12(3,4)10(13)16/h9H,5-8H2,1-4H3,(H2,13,16)(H,14,15). The van der Waals surface area contributed by atoms with E-state index < -0.39 is 5.41 Å². The van der Waals surface area contributed by atoms with Gasteiger partial charge in [0.1, 0.15) is 0 Å². The van der Waals surface area contributed by atoms with Crippen LogP contribution >= 0.6 is 12.2 Å². The third kappa shape index (κ3) is 4.92. The van der Waals surface area contributed by atoms with Gasteiger partial charge in [0.25, 0.3) is 0 Å². The molecular weight excluding hydrogens is 220 g/mol. The van der Waals surface area contributed by atoms with E-state index in [-0.39, 0.29) is 16.9 Å².